The zero-order chi connectivity index (χ0) is 20.5. The Morgan fingerprint density at radius 1 is 1.10 bits per heavy atom. The molecule has 2 aromatic rings. The standard InChI is InChI=1S/C25H31N3O2/c1-2-30-24-21(10-7-13-26-24)25(29)27-15-18-14-20(17-27)23-12-6-11-22(28(23)16-18)19-8-4-3-5-9-19/h3-5,7-10,13,18,20,22-23H,2,6,11-12,14-17H2,1H3/t18-,20+,22+,23-/m0/s1. The summed E-state index contributed by atoms with van der Waals surface area (Å²) in [5.74, 6) is 1.63. The molecule has 0 N–H and O–H groups in total. The lowest BCUT2D eigenvalue weighted by Gasteiger charge is -2.55. The maximum Gasteiger partial charge on any atom is 0.259 e. The summed E-state index contributed by atoms with van der Waals surface area (Å²) >= 11 is 0. The van der Waals surface area contributed by atoms with Crippen molar-refractivity contribution in [2.75, 3.05) is 26.2 Å². The van der Waals surface area contributed by atoms with Crippen LogP contribution in [0, 0.1) is 11.8 Å². The third kappa shape index (κ3) is 3.60. The molecule has 0 unspecified atom stereocenters. The van der Waals surface area contributed by atoms with Gasteiger partial charge in [-0.1, -0.05) is 30.3 Å². The highest BCUT2D eigenvalue weighted by Gasteiger charge is 2.46. The average Bonchev–Trinajstić information content (AvgIpc) is 2.79. The van der Waals surface area contributed by atoms with Crippen molar-refractivity contribution in [3.8, 4) is 5.88 Å². The molecule has 3 aliphatic heterocycles. The highest BCUT2D eigenvalue weighted by molar-refractivity contribution is 5.96. The topological polar surface area (TPSA) is 45.7 Å². The van der Waals surface area contributed by atoms with Crippen molar-refractivity contribution in [1.29, 1.82) is 0 Å². The number of carbonyl (C=O) groups excluding carboxylic acids is 1. The minimum absolute atomic E-state index is 0.0742. The molecule has 2 bridgehead atoms. The van der Waals surface area contributed by atoms with Gasteiger partial charge in [0.25, 0.3) is 5.91 Å². The zero-order valence-electron chi connectivity index (χ0n) is 17.7. The normalized spacial score (nSPS) is 28.6. The second kappa shape index (κ2) is 8.38. The number of fused-ring (bicyclic) bond motifs is 4. The molecule has 4 atom stereocenters. The second-order valence-electron chi connectivity index (χ2n) is 8.98. The van der Waals surface area contributed by atoms with Crippen LogP contribution in [0.5, 0.6) is 5.88 Å². The predicted molar refractivity (Wildman–Crippen MR) is 116 cm³/mol. The molecule has 0 spiro atoms. The Morgan fingerprint density at radius 2 is 1.97 bits per heavy atom. The Balaban J connectivity index is 1.35. The largest absolute Gasteiger partial charge is 0.477 e. The number of nitrogens with zero attached hydrogens (tertiary/aromatic N) is 3. The van der Waals surface area contributed by atoms with E-state index in [0.717, 1.165) is 19.6 Å². The molecule has 3 fully saturated rings. The number of hydrogen-bond acceptors (Lipinski definition) is 4. The van der Waals surface area contributed by atoms with E-state index in [9.17, 15) is 4.79 Å². The third-order valence-corrected chi connectivity index (χ3v) is 7.14. The van der Waals surface area contributed by atoms with Gasteiger partial charge in [-0.2, -0.15) is 0 Å². The minimum atomic E-state index is 0.0742. The zero-order valence-corrected chi connectivity index (χ0v) is 17.7. The van der Waals surface area contributed by atoms with E-state index in [1.54, 1.807) is 6.20 Å². The van der Waals surface area contributed by atoms with Crippen LogP contribution in [-0.2, 0) is 0 Å². The lowest BCUT2D eigenvalue weighted by molar-refractivity contribution is -0.0512. The molecule has 1 amide bonds. The molecule has 5 rings (SSSR count). The summed E-state index contributed by atoms with van der Waals surface area (Å²) in [5, 5.41) is 0. The first kappa shape index (κ1) is 19.6. The van der Waals surface area contributed by atoms with E-state index >= 15 is 0 Å². The van der Waals surface area contributed by atoms with Crippen LogP contribution in [0.4, 0.5) is 0 Å². The molecule has 4 heterocycles. The molecule has 158 valence electrons. The fourth-order valence-corrected chi connectivity index (χ4v) is 5.98. The maximum absolute atomic E-state index is 13.4. The van der Waals surface area contributed by atoms with Crippen LogP contribution in [0.3, 0.4) is 0 Å². The number of aromatic nitrogens is 1. The summed E-state index contributed by atoms with van der Waals surface area (Å²) < 4.78 is 5.63. The van der Waals surface area contributed by atoms with Gasteiger partial charge in [0.2, 0.25) is 5.88 Å². The van der Waals surface area contributed by atoms with Crippen molar-refractivity contribution < 1.29 is 9.53 Å². The van der Waals surface area contributed by atoms with Crippen LogP contribution in [0.2, 0.25) is 0 Å². The Morgan fingerprint density at radius 3 is 2.80 bits per heavy atom. The first-order chi connectivity index (χ1) is 14.7. The number of likely N-dealkylation sites (tertiary alicyclic amines) is 1. The van der Waals surface area contributed by atoms with Crippen molar-refractivity contribution in [3.63, 3.8) is 0 Å². The molecule has 5 heteroatoms. The summed E-state index contributed by atoms with van der Waals surface area (Å²) in [6.45, 7) is 5.21. The summed E-state index contributed by atoms with van der Waals surface area (Å²) in [6.07, 6.45) is 6.71. The fourth-order valence-electron chi connectivity index (χ4n) is 5.98. The van der Waals surface area contributed by atoms with Gasteiger partial charge in [0, 0.05) is 37.9 Å². The van der Waals surface area contributed by atoms with E-state index < -0.39 is 0 Å². The molecule has 30 heavy (non-hydrogen) atoms. The first-order valence-electron chi connectivity index (χ1n) is 11.4. The quantitative estimate of drug-likeness (QED) is 0.766. The lowest BCUT2D eigenvalue weighted by Crippen LogP contribution is -2.60. The van der Waals surface area contributed by atoms with Gasteiger partial charge in [0.05, 0.1) is 6.61 Å². The van der Waals surface area contributed by atoms with E-state index in [4.69, 9.17) is 4.74 Å². The van der Waals surface area contributed by atoms with E-state index in [1.807, 2.05) is 19.1 Å². The van der Waals surface area contributed by atoms with Gasteiger partial charge in [0.1, 0.15) is 5.56 Å². The molecule has 1 aromatic heterocycles. The van der Waals surface area contributed by atoms with Gasteiger partial charge >= 0.3 is 0 Å². The maximum atomic E-state index is 13.4. The Kier molecular flexibility index (Phi) is 5.47. The SMILES string of the molecule is CCOc1ncccc1C(=O)N1C[C@@H]2C[C@H](C1)[C@@H]1CCC[C@H](c3ccccc3)N1C2. The first-order valence-corrected chi connectivity index (χ1v) is 11.4. The van der Waals surface area contributed by atoms with E-state index in [-0.39, 0.29) is 5.91 Å². The molecule has 1 aromatic carbocycles. The van der Waals surface area contributed by atoms with Crippen LogP contribution in [0.1, 0.15) is 54.6 Å². The van der Waals surface area contributed by atoms with Crippen LogP contribution < -0.4 is 4.74 Å². The second-order valence-corrected chi connectivity index (χ2v) is 8.98. The van der Waals surface area contributed by atoms with Crippen molar-refractivity contribution in [3.05, 3.63) is 59.8 Å². The number of rotatable bonds is 4. The number of carbonyl (C=O) groups is 1. The number of piperidine rings is 3. The molecular weight excluding hydrogens is 374 g/mol. The Hall–Kier alpha value is -2.40. The number of ether oxygens (including phenoxy) is 1. The number of benzene rings is 1. The van der Waals surface area contributed by atoms with Crippen LogP contribution in [-0.4, -0.2) is 53.0 Å². The molecular formula is C25H31N3O2. The molecule has 0 aliphatic carbocycles. The van der Waals surface area contributed by atoms with Crippen molar-refractivity contribution in [2.45, 2.75) is 44.7 Å². The van der Waals surface area contributed by atoms with Crippen molar-refractivity contribution in [2.24, 2.45) is 11.8 Å². The van der Waals surface area contributed by atoms with E-state index in [0.29, 0.717) is 42.0 Å². The van der Waals surface area contributed by atoms with E-state index in [1.165, 1.54) is 31.2 Å². The average molecular weight is 406 g/mol. The highest BCUT2D eigenvalue weighted by atomic mass is 16.5. The highest BCUT2D eigenvalue weighted by Crippen LogP contribution is 2.44. The molecule has 3 saturated heterocycles. The van der Waals surface area contributed by atoms with Crippen molar-refractivity contribution >= 4 is 5.91 Å². The monoisotopic (exact) mass is 405 g/mol. The summed E-state index contributed by atoms with van der Waals surface area (Å²) in [4.78, 5) is 22.5. The lowest BCUT2D eigenvalue weighted by atomic mass is 9.74. The predicted octanol–water partition coefficient (Wildman–Crippen LogP) is 4.17. The minimum Gasteiger partial charge on any atom is -0.477 e. The smallest absolute Gasteiger partial charge is 0.259 e. The van der Waals surface area contributed by atoms with Gasteiger partial charge in [-0.3, -0.25) is 9.69 Å². The Labute approximate surface area is 179 Å². The van der Waals surface area contributed by atoms with Gasteiger partial charge in [-0.25, -0.2) is 4.98 Å². The van der Waals surface area contributed by atoms with Gasteiger partial charge in [-0.15, -0.1) is 0 Å². The van der Waals surface area contributed by atoms with Gasteiger partial charge < -0.3 is 9.64 Å². The third-order valence-electron chi connectivity index (χ3n) is 7.14. The summed E-state index contributed by atoms with van der Waals surface area (Å²) in [5.41, 5.74) is 2.05. The van der Waals surface area contributed by atoms with Crippen molar-refractivity contribution in [1.82, 2.24) is 14.8 Å². The summed E-state index contributed by atoms with van der Waals surface area (Å²) in [7, 11) is 0. The molecule has 0 radical (unpaired) electrons. The Bertz CT molecular complexity index is 887. The van der Waals surface area contributed by atoms with Gasteiger partial charge in [0.15, 0.2) is 0 Å². The van der Waals surface area contributed by atoms with Crippen LogP contribution >= 0.6 is 0 Å². The number of hydrogen-bond donors (Lipinski definition) is 0. The molecule has 3 aliphatic rings. The number of amides is 1. The van der Waals surface area contributed by atoms with Gasteiger partial charge in [-0.05, 0) is 62.1 Å². The molecule has 5 nitrogen and oxygen atoms in total. The fraction of sp³-hybridized carbons (Fsp3) is 0.520. The molecule has 0 saturated carbocycles. The summed E-state index contributed by atoms with van der Waals surface area (Å²) in [6, 6.07) is 15.8. The van der Waals surface area contributed by atoms with Crippen LogP contribution in [0.15, 0.2) is 48.7 Å². The number of pyridine rings is 1. The van der Waals surface area contributed by atoms with E-state index in [2.05, 4.69) is 45.1 Å². The van der Waals surface area contributed by atoms with Crippen LogP contribution in [0.25, 0.3) is 0 Å².